The molecule has 2 atom stereocenters. The van der Waals surface area contributed by atoms with Crippen molar-refractivity contribution in [2.45, 2.75) is 32.3 Å². The Labute approximate surface area is 140 Å². The summed E-state index contributed by atoms with van der Waals surface area (Å²) in [4.78, 5) is 18.1. The molecule has 7 heteroatoms. The first kappa shape index (κ1) is 16.4. The maximum absolute atomic E-state index is 12.3. The fraction of sp³-hybridized carbons (Fsp3) is 0.471. The highest BCUT2D eigenvalue weighted by Crippen LogP contribution is 2.26. The van der Waals surface area contributed by atoms with Crippen molar-refractivity contribution in [1.29, 1.82) is 0 Å². The number of hydrogen-bond donors (Lipinski definition) is 2. The number of anilines is 1. The summed E-state index contributed by atoms with van der Waals surface area (Å²) in [7, 11) is 1.74. The molecule has 1 aliphatic carbocycles. The van der Waals surface area contributed by atoms with E-state index in [0.717, 1.165) is 24.8 Å². The van der Waals surface area contributed by atoms with Crippen LogP contribution in [0.2, 0.25) is 0 Å². The van der Waals surface area contributed by atoms with E-state index in [4.69, 9.17) is 4.52 Å². The Bertz CT molecular complexity index is 715. The second kappa shape index (κ2) is 7.00. The molecule has 2 unspecified atom stereocenters. The van der Waals surface area contributed by atoms with Gasteiger partial charge in [0.2, 0.25) is 11.7 Å². The molecule has 0 saturated heterocycles. The molecule has 1 heterocycles. The Balaban J connectivity index is 1.63. The normalized spacial score (nSPS) is 20.1. The highest BCUT2D eigenvalue weighted by Gasteiger charge is 2.27. The molecule has 7 nitrogen and oxygen atoms in total. The van der Waals surface area contributed by atoms with E-state index in [9.17, 15) is 9.90 Å². The van der Waals surface area contributed by atoms with E-state index in [1.165, 1.54) is 0 Å². The van der Waals surface area contributed by atoms with Gasteiger partial charge in [-0.15, -0.1) is 0 Å². The molecule has 0 aliphatic heterocycles. The first-order chi connectivity index (χ1) is 11.5. The number of aromatic nitrogens is 2. The van der Waals surface area contributed by atoms with Crippen molar-refractivity contribution in [2.75, 3.05) is 18.9 Å². The third-order valence-corrected chi connectivity index (χ3v) is 4.37. The van der Waals surface area contributed by atoms with E-state index in [2.05, 4.69) is 15.5 Å². The quantitative estimate of drug-likeness (QED) is 0.899. The number of carbonyl (C=O) groups excluding carboxylic acids is 1. The van der Waals surface area contributed by atoms with Crippen LogP contribution in [-0.4, -0.2) is 45.9 Å². The van der Waals surface area contributed by atoms with Gasteiger partial charge in [-0.2, -0.15) is 4.98 Å². The minimum Gasteiger partial charge on any atom is -0.393 e. The maximum Gasteiger partial charge on any atom is 0.321 e. The molecule has 2 N–H and O–H groups in total. The summed E-state index contributed by atoms with van der Waals surface area (Å²) < 4.78 is 4.98. The zero-order valence-electron chi connectivity index (χ0n) is 13.9. The van der Waals surface area contributed by atoms with Crippen molar-refractivity contribution in [3.05, 3.63) is 30.2 Å². The molecular formula is C17H22N4O3. The van der Waals surface area contributed by atoms with Crippen LogP contribution in [0.3, 0.4) is 0 Å². The molecule has 0 bridgehead atoms. The number of aliphatic hydroxyl groups is 1. The highest BCUT2D eigenvalue weighted by atomic mass is 16.5. The Hall–Kier alpha value is -2.41. The van der Waals surface area contributed by atoms with Crippen molar-refractivity contribution in [2.24, 2.45) is 5.92 Å². The number of hydrogen-bond acceptors (Lipinski definition) is 5. The molecule has 1 aromatic heterocycles. The van der Waals surface area contributed by atoms with Gasteiger partial charge >= 0.3 is 6.03 Å². The lowest BCUT2D eigenvalue weighted by molar-refractivity contribution is 0.116. The predicted octanol–water partition coefficient (Wildman–Crippen LogP) is 2.67. The molecule has 0 radical (unpaired) electrons. The van der Waals surface area contributed by atoms with E-state index < -0.39 is 0 Å². The molecule has 0 spiro atoms. The van der Waals surface area contributed by atoms with Gasteiger partial charge in [-0.05, 0) is 25.0 Å². The van der Waals surface area contributed by atoms with E-state index in [-0.39, 0.29) is 18.1 Å². The Kier molecular flexibility index (Phi) is 4.80. The van der Waals surface area contributed by atoms with Gasteiger partial charge in [0.15, 0.2) is 0 Å². The minimum absolute atomic E-state index is 0.161. The van der Waals surface area contributed by atoms with Crippen LogP contribution in [0.1, 0.15) is 25.2 Å². The first-order valence-corrected chi connectivity index (χ1v) is 8.14. The predicted molar refractivity (Wildman–Crippen MR) is 89.5 cm³/mol. The number of nitrogens with one attached hydrogen (secondary N) is 1. The number of urea groups is 1. The van der Waals surface area contributed by atoms with Crippen molar-refractivity contribution in [3.63, 3.8) is 0 Å². The number of amides is 2. The summed E-state index contributed by atoms with van der Waals surface area (Å²) in [5.41, 5.74) is 1.44. The molecule has 1 aromatic carbocycles. The SMILES string of the molecule is Cc1nc(-c2cccc(NC(=O)N(C)CC3CCCC3O)c2)no1. The van der Waals surface area contributed by atoms with Gasteiger partial charge in [0.25, 0.3) is 0 Å². The molecule has 1 aliphatic rings. The van der Waals surface area contributed by atoms with Crippen LogP contribution in [0.4, 0.5) is 10.5 Å². The Morgan fingerprint density at radius 3 is 2.96 bits per heavy atom. The largest absolute Gasteiger partial charge is 0.393 e. The van der Waals surface area contributed by atoms with Crippen molar-refractivity contribution in [3.8, 4) is 11.4 Å². The summed E-state index contributed by atoms with van der Waals surface area (Å²) in [6.45, 7) is 2.28. The Morgan fingerprint density at radius 1 is 1.46 bits per heavy atom. The highest BCUT2D eigenvalue weighted by molar-refractivity contribution is 5.89. The summed E-state index contributed by atoms with van der Waals surface area (Å²) in [6, 6.07) is 7.11. The first-order valence-electron chi connectivity index (χ1n) is 8.14. The summed E-state index contributed by atoms with van der Waals surface area (Å²) in [5, 5.41) is 16.6. The molecular weight excluding hydrogens is 308 g/mol. The molecule has 1 saturated carbocycles. The fourth-order valence-corrected chi connectivity index (χ4v) is 3.04. The minimum atomic E-state index is -0.301. The third kappa shape index (κ3) is 3.73. The molecule has 128 valence electrons. The summed E-state index contributed by atoms with van der Waals surface area (Å²) in [6.07, 6.45) is 2.51. The lowest BCUT2D eigenvalue weighted by Crippen LogP contribution is -2.37. The van der Waals surface area contributed by atoms with Gasteiger partial charge in [-0.3, -0.25) is 0 Å². The summed E-state index contributed by atoms with van der Waals surface area (Å²) >= 11 is 0. The zero-order chi connectivity index (χ0) is 17.1. The van der Waals surface area contributed by atoms with Crippen molar-refractivity contribution in [1.82, 2.24) is 15.0 Å². The standard InChI is InChI=1S/C17H22N4O3/c1-11-18-16(20-24-11)12-5-3-7-14(9-12)19-17(23)21(2)10-13-6-4-8-15(13)22/h3,5,7,9,13,15,22H,4,6,8,10H2,1-2H3,(H,19,23). The van der Waals surface area contributed by atoms with Crippen LogP contribution in [0.15, 0.2) is 28.8 Å². The number of carbonyl (C=O) groups is 1. The molecule has 1 fully saturated rings. The van der Waals surface area contributed by atoms with Gasteiger partial charge in [0.1, 0.15) is 0 Å². The average Bonchev–Trinajstić information content (AvgIpc) is 3.16. The van der Waals surface area contributed by atoms with Gasteiger partial charge in [0.05, 0.1) is 6.10 Å². The monoisotopic (exact) mass is 330 g/mol. The number of aryl methyl sites for hydroxylation is 1. The van der Waals surface area contributed by atoms with Gasteiger partial charge in [-0.1, -0.05) is 23.7 Å². The lowest BCUT2D eigenvalue weighted by atomic mass is 10.1. The van der Waals surface area contributed by atoms with E-state index in [0.29, 0.717) is 23.9 Å². The second-order valence-corrected chi connectivity index (χ2v) is 6.29. The number of aliphatic hydroxyl groups excluding tert-OH is 1. The summed E-state index contributed by atoms with van der Waals surface area (Å²) in [5.74, 6) is 1.15. The van der Waals surface area contributed by atoms with E-state index in [1.54, 1.807) is 24.9 Å². The van der Waals surface area contributed by atoms with Crippen molar-refractivity contribution < 1.29 is 14.4 Å². The maximum atomic E-state index is 12.3. The van der Waals surface area contributed by atoms with Crippen molar-refractivity contribution >= 4 is 11.7 Å². The molecule has 2 amide bonds. The number of benzene rings is 1. The van der Waals surface area contributed by atoms with E-state index in [1.807, 2.05) is 18.2 Å². The second-order valence-electron chi connectivity index (χ2n) is 6.29. The zero-order valence-corrected chi connectivity index (χ0v) is 13.9. The Morgan fingerprint density at radius 2 is 2.29 bits per heavy atom. The average molecular weight is 330 g/mol. The van der Waals surface area contributed by atoms with Crippen LogP contribution in [-0.2, 0) is 0 Å². The van der Waals surface area contributed by atoms with Gasteiger partial charge < -0.3 is 19.8 Å². The van der Waals surface area contributed by atoms with Crippen LogP contribution in [0.25, 0.3) is 11.4 Å². The van der Waals surface area contributed by atoms with Crippen LogP contribution < -0.4 is 5.32 Å². The van der Waals surface area contributed by atoms with Gasteiger partial charge in [0, 0.05) is 37.7 Å². The van der Waals surface area contributed by atoms with Crippen LogP contribution >= 0.6 is 0 Å². The third-order valence-electron chi connectivity index (χ3n) is 4.37. The lowest BCUT2D eigenvalue weighted by Gasteiger charge is -2.23. The number of rotatable bonds is 4. The van der Waals surface area contributed by atoms with E-state index >= 15 is 0 Å². The van der Waals surface area contributed by atoms with Crippen LogP contribution in [0, 0.1) is 12.8 Å². The topological polar surface area (TPSA) is 91.5 Å². The van der Waals surface area contributed by atoms with Gasteiger partial charge in [-0.25, -0.2) is 4.79 Å². The molecule has 3 rings (SSSR count). The smallest absolute Gasteiger partial charge is 0.321 e. The fourth-order valence-electron chi connectivity index (χ4n) is 3.04. The molecule has 24 heavy (non-hydrogen) atoms. The van der Waals surface area contributed by atoms with Crippen LogP contribution in [0.5, 0.6) is 0 Å². The molecule has 2 aromatic rings. The number of nitrogens with zero attached hydrogens (tertiary/aromatic N) is 3.